The van der Waals surface area contributed by atoms with E-state index in [-0.39, 0.29) is 40.6 Å². The molecule has 1 aromatic rings. The van der Waals surface area contributed by atoms with Gasteiger partial charge < -0.3 is 9.64 Å². The van der Waals surface area contributed by atoms with Crippen molar-refractivity contribution in [2.24, 2.45) is 23.7 Å². The summed E-state index contributed by atoms with van der Waals surface area (Å²) >= 11 is 0. The molecule has 0 radical (unpaired) electrons. The van der Waals surface area contributed by atoms with Crippen LogP contribution in [0, 0.1) is 30.6 Å². The Bertz CT molecular complexity index is 1210. The summed E-state index contributed by atoms with van der Waals surface area (Å²) in [7, 11) is 6.33. The van der Waals surface area contributed by atoms with E-state index in [0.29, 0.717) is 30.8 Å². The summed E-state index contributed by atoms with van der Waals surface area (Å²) in [6.45, 7) is 13.8. The fourth-order valence-corrected chi connectivity index (χ4v) is 7.71. The van der Waals surface area contributed by atoms with E-state index in [1.807, 2.05) is 19.9 Å². The molecule has 2 aliphatic carbocycles. The number of aryl methyl sites for hydroxylation is 1. The average molecular weight is 563 g/mol. The zero-order chi connectivity index (χ0) is 30.6. The van der Waals surface area contributed by atoms with Crippen molar-refractivity contribution in [3.63, 3.8) is 0 Å². The lowest BCUT2D eigenvalue weighted by molar-refractivity contribution is -0.120. The Labute approximate surface area is 249 Å². The summed E-state index contributed by atoms with van der Waals surface area (Å²) < 4.78 is 32.6. The van der Waals surface area contributed by atoms with Crippen LogP contribution in [0.3, 0.4) is 0 Å². The minimum Gasteiger partial charge on any atom is -0.435 e. The predicted molar refractivity (Wildman–Crippen MR) is 174 cm³/mol. The normalized spacial score (nSPS) is 24.3. The van der Waals surface area contributed by atoms with E-state index < -0.39 is 6.61 Å². The van der Waals surface area contributed by atoms with Crippen LogP contribution in [0.25, 0.3) is 5.57 Å². The van der Waals surface area contributed by atoms with Gasteiger partial charge in [-0.15, -0.1) is 0 Å². The quantitative estimate of drug-likeness (QED) is 0.198. The number of nitrogens with zero attached hydrogens (tertiary/aromatic N) is 1. The van der Waals surface area contributed by atoms with Crippen molar-refractivity contribution < 1.29 is 18.3 Å². The third-order valence-electron chi connectivity index (χ3n) is 9.49. The SMILES string of the molecule is BC(B)(C)C(CC)C(=O)C1=C(C2CC(C)C(N(C)c3ccc(/C(C=C)=C/C)cc3C)C2CC)C(OC(F)F)=CCC1. The smallest absolute Gasteiger partial charge is 0.387 e. The van der Waals surface area contributed by atoms with Gasteiger partial charge in [0.15, 0.2) is 5.78 Å². The Morgan fingerprint density at radius 3 is 2.49 bits per heavy atom. The second-order valence-electron chi connectivity index (χ2n) is 13.0. The van der Waals surface area contributed by atoms with Gasteiger partial charge in [0.05, 0.1) is 15.7 Å². The van der Waals surface area contributed by atoms with E-state index >= 15 is 0 Å². The van der Waals surface area contributed by atoms with Gasteiger partial charge in [-0.05, 0) is 92.2 Å². The zero-order valence-corrected chi connectivity index (χ0v) is 26.7. The molecule has 41 heavy (non-hydrogen) atoms. The molecule has 2 aliphatic rings. The molecule has 0 heterocycles. The first-order valence-electron chi connectivity index (χ1n) is 15.4. The molecule has 7 heteroatoms. The molecule has 0 aromatic heterocycles. The van der Waals surface area contributed by atoms with Crippen molar-refractivity contribution in [1.82, 2.24) is 0 Å². The van der Waals surface area contributed by atoms with Gasteiger partial charge in [-0.2, -0.15) is 8.78 Å². The van der Waals surface area contributed by atoms with Crippen LogP contribution < -0.4 is 4.90 Å². The number of halogens is 2. The fraction of sp³-hybridized carbons (Fsp3) is 0.559. The van der Waals surface area contributed by atoms with Crippen LogP contribution in [0.1, 0.15) is 77.8 Å². The highest BCUT2D eigenvalue weighted by Crippen LogP contribution is 2.51. The number of Topliss-reactive ketones (excluding diaryl/α,β-unsaturated/α-hetero) is 1. The van der Waals surface area contributed by atoms with Crippen LogP contribution in [0.4, 0.5) is 14.5 Å². The van der Waals surface area contributed by atoms with Gasteiger partial charge in [-0.25, -0.2) is 0 Å². The third-order valence-corrected chi connectivity index (χ3v) is 9.49. The van der Waals surface area contributed by atoms with Gasteiger partial charge in [0.25, 0.3) is 0 Å². The number of rotatable bonds is 12. The van der Waals surface area contributed by atoms with E-state index in [1.165, 1.54) is 5.56 Å². The minimum absolute atomic E-state index is 0.0286. The summed E-state index contributed by atoms with van der Waals surface area (Å²) in [4.78, 5) is 16.5. The van der Waals surface area contributed by atoms with Gasteiger partial charge in [-0.1, -0.05) is 64.1 Å². The number of alkyl halides is 2. The van der Waals surface area contributed by atoms with Crippen LogP contribution in [0.5, 0.6) is 0 Å². The number of allylic oxidation sites excluding steroid dienone is 6. The first-order chi connectivity index (χ1) is 19.3. The van der Waals surface area contributed by atoms with E-state index in [1.54, 1.807) is 6.08 Å². The molecular formula is C34H49B2F2NO2. The molecule has 3 rings (SSSR count). The Morgan fingerprint density at radius 1 is 1.29 bits per heavy atom. The van der Waals surface area contributed by atoms with Crippen molar-refractivity contribution in [1.29, 1.82) is 0 Å². The third kappa shape index (κ3) is 6.92. The predicted octanol–water partition coefficient (Wildman–Crippen LogP) is 7.28. The maximum atomic E-state index is 14.1. The van der Waals surface area contributed by atoms with Crippen LogP contribution in [0.2, 0.25) is 5.21 Å². The van der Waals surface area contributed by atoms with Crippen LogP contribution in [-0.4, -0.2) is 41.2 Å². The van der Waals surface area contributed by atoms with E-state index in [4.69, 9.17) is 4.74 Å². The molecule has 0 saturated heterocycles. The highest BCUT2D eigenvalue weighted by molar-refractivity contribution is 6.41. The summed E-state index contributed by atoms with van der Waals surface area (Å²) in [6.07, 6.45) is 9.26. The fourth-order valence-electron chi connectivity index (χ4n) is 7.71. The molecule has 0 amide bonds. The van der Waals surface area contributed by atoms with Crippen molar-refractivity contribution in [3.8, 4) is 0 Å². The second-order valence-corrected chi connectivity index (χ2v) is 13.0. The van der Waals surface area contributed by atoms with Crippen molar-refractivity contribution in [3.05, 3.63) is 71.0 Å². The zero-order valence-electron chi connectivity index (χ0n) is 26.7. The van der Waals surface area contributed by atoms with Gasteiger partial charge >= 0.3 is 6.61 Å². The van der Waals surface area contributed by atoms with Gasteiger partial charge in [0, 0.05) is 35.8 Å². The average Bonchev–Trinajstić information content (AvgIpc) is 3.23. The molecule has 0 aliphatic heterocycles. The summed E-state index contributed by atoms with van der Waals surface area (Å²) in [5.41, 5.74) is 6.05. The lowest BCUT2D eigenvalue weighted by Gasteiger charge is -2.38. The van der Waals surface area contributed by atoms with Gasteiger partial charge in [-0.3, -0.25) is 4.79 Å². The Morgan fingerprint density at radius 2 is 1.98 bits per heavy atom. The molecule has 5 atom stereocenters. The lowest BCUT2D eigenvalue weighted by atomic mass is 9.47. The van der Waals surface area contributed by atoms with Crippen molar-refractivity contribution in [2.45, 2.75) is 91.5 Å². The number of ether oxygens (including phenoxy) is 1. The molecule has 0 N–H and O–H groups in total. The van der Waals surface area contributed by atoms with E-state index in [2.05, 4.69) is 86.2 Å². The Balaban J connectivity index is 2.09. The number of carbonyl (C=O) groups is 1. The molecule has 3 nitrogen and oxygen atoms in total. The number of benzene rings is 1. The molecular weight excluding hydrogens is 514 g/mol. The second kappa shape index (κ2) is 13.6. The van der Waals surface area contributed by atoms with Gasteiger partial charge in [0.2, 0.25) is 0 Å². The molecule has 5 unspecified atom stereocenters. The van der Waals surface area contributed by atoms with E-state index in [9.17, 15) is 13.6 Å². The highest BCUT2D eigenvalue weighted by Gasteiger charge is 2.47. The molecule has 0 spiro atoms. The molecule has 222 valence electrons. The Hall–Kier alpha value is -2.56. The number of carbonyl (C=O) groups excluding carboxylic acids is 1. The number of ketones is 1. The maximum Gasteiger partial charge on any atom is 0.387 e. The molecule has 0 bridgehead atoms. The topological polar surface area (TPSA) is 29.5 Å². The lowest BCUT2D eigenvalue weighted by Crippen LogP contribution is -2.40. The van der Waals surface area contributed by atoms with E-state index in [0.717, 1.165) is 35.2 Å². The summed E-state index contributed by atoms with van der Waals surface area (Å²) in [5.74, 6) is 0.612. The minimum atomic E-state index is -2.92. The van der Waals surface area contributed by atoms with Crippen LogP contribution >= 0.6 is 0 Å². The summed E-state index contributed by atoms with van der Waals surface area (Å²) in [6, 6.07) is 6.72. The summed E-state index contributed by atoms with van der Waals surface area (Å²) in [5, 5.41) is -0.215. The standard InChI is InChI=1S/C34H49B2F2NO2/c1-9-22(10-2)23-16-17-28(20(5)18-23)39(8)31-21(6)19-26(24(31)11-3)30-25(14-13-15-29(30)41-33(37)38)32(40)27(12-4)34(7,35)36/h9-10,15-18,21,24,26-27,31,33H,1,11-14,19,35-36H2,2-8H3/b22-10+. The van der Waals surface area contributed by atoms with Crippen LogP contribution in [0.15, 0.2) is 59.9 Å². The first-order valence-corrected chi connectivity index (χ1v) is 15.4. The van der Waals surface area contributed by atoms with Gasteiger partial charge in [0.1, 0.15) is 5.76 Å². The number of hydrogen-bond donors (Lipinski definition) is 0. The number of anilines is 1. The maximum absolute atomic E-state index is 14.1. The first kappa shape index (κ1) is 32.9. The monoisotopic (exact) mass is 563 g/mol. The number of hydrogen-bond acceptors (Lipinski definition) is 3. The largest absolute Gasteiger partial charge is 0.435 e. The van der Waals surface area contributed by atoms with Crippen molar-refractivity contribution >= 4 is 32.7 Å². The highest BCUT2D eigenvalue weighted by atomic mass is 19.3. The Kier molecular flexibility index (Phi) is 10.9. The molecule has 1 saturated carbocycles. The van der Waals surface area contributed by atoms with Crippen molar-refractivity contribution in [2.75, 3.05) is 11.9 Å². The van der Waals surface area contributed by atoms with Crippen LogP contribution in [-0.2, 0) is 9.53 Å². The molecule has 1 aromatic carbocycles. The molecule has 1 fully saturated rings.